The summed E-state index contributed by atoms with van der Waals surface area (Å²) in [6, 6.07) is 1.69. The maximum atomic E-state index is 5.72. The molecule has 0 aliphatic heterocycles. The molecule has 0 saturated carbocycles. The minimum atomic E-state index is -0.190. The van der Waals surface area contributed by atoms with Crippen molar-refractivity contribution in [3.8, 4) is 0 Å². The summed E-state index contributed by atoms with van der Waals surface area (Å²) in [6.07, 6.45) is 5.12. The van der Waals surface area contributed by atoms with Crippen LogP contribution in [-0.4, -0.2) is 45.5 Å². The van der Waals surface area contributed by atoms with E-state index in [0.717, 1.165) is 28.8 Å². The highest BCUT2D eigenvalue weighted by molar-refractivity contribution is 9.10. The van der Waals surface area contributed by atoms with Crippen molar-refractivity contribution in [3.05, 3.63) is 40.4 Å². The van der Waals surface area contributed by atoms with Crippen molar-refractivity contribution in [1.82, 2.24) is 30.3 Å². The Bertz CT molecular complexity index is 540. The minimum absolute atomic E-state index is 0.190. The Labute approximate surface area is 126 Å². The van der Waals surface area contributed by atoms with Gasteiger partial charge >= 0.3 is 0 Å². The van der Waals surface area contributed by atoms with Crippen molar-refractivity contribution in [2.75, 3.05) is 20.6 Å². The first kappa shape index (κ1) is 15.0. The van der Waals surface area contributed by atoms with Gasteiger partial charge in [0.05, 0.1) is 35.1 Å². The molecule has 0 amide bonds. The summed E-state index contributed by atoms with van der Waals surface area (Å²) in [6.45, 7) is 1.68. The number of hydrogen-bond donors (Lipinski definition) is 2. The number of nitrogens with zero attached hydrogens (tertiary/aromatic N) is 5. The SMILES string of the molecule is CN(C)CCn1ncc(Br)c1C(NN)c1ccnnc1. The molecular formula is C12H18BrN7. The first-order valence-electron chi connectivity index (χ1n) is 6.22. The van der Waals surface area contributed by atoms with Gasteiger partial charge in [-0.1, -0.05) is 0 Å². The third kappa shape index (κ3) is 3.40. The number of likely N-dealkylation sites (N-methyl/N-ethyl adjacent to an activating group) is 1. The van der Waals surface area contributed by atoms with Crippen LogP contribution in [0.25, 0.3) is 0 Å². The number of hydrogen-bond acceptors (Lipinski definition) is 6. The first-order chi connectivity index (χ1) is 9.63. The molecule has 0 radical (unpaired) electrons. The fourth-order valence-corrected chi connectivity index (χ4v) is 2.46. The van der Waals surface area contributed by atoms with Gasteiger partial charge in [-0.2, -0.15) is 15.3 Å². The Balaban J connectivity index is 2.32. The van der Waals surface area contributed by atoms with Crippen molar-refractivity contribution in [3.63, 3.8) is 0 Å². The molecule has 2 aromatic heterocycles. The van der Waals surface area contributed by atoms with E-state index in [4.69, 9.17) is 5.84 Å². The second-order valence-corrected chi connectivity index (χ2v) is 5.53. The number of hydrazine groups is 1. The third-order valence-electron chi connectivity index (χ3n) is 2.97. The predicted octanol–water partition coefficient (Wildman–Crippen LogP) is 0.550. The Hall–Kier alpha value is -1.35. The van der Waals surface area contributed by atoms with Crippen molar-refractivity contribution < 1.29 is 0 Å². The van der Waals surface area contributed by atoms with Gasteiger partial charge < -0.3 is 4.90 Å². The van der Waals surface area contributed by atoms with Gasteiger partial charge in [0.1, 0.15) is 0 Å². The molecule has 0 aliphatic rings. The van der Waals surface area contributed by atoms with E-state index in [0.29, 0.717) is 0 Å². The average Bonchev–Trinajstić information content (AvgIpc) is 2.80. The standard InChI is InChI=1S/C12H18BrN7/c1-19(2)5-6-20-12(10(13)8-17-20)11(18-14)9-3-4-15-16-7-9/h3-4,7-8,11,18H,5-6,14H2,1-2H3. The molecule has 0 spiro atoms. The lowest BCUT2D eigenvalue weighted by molar-refractivity contribution is 0.365. The van der Waals surface area contributed by atoms with Gasteiger partial charge in [0.2, 0.25) is 0 Å². The molecule has 0 saturated heterocycles. The summed E-state index contributed by atoms with van der Waals surface area (Å²) < 4.78 is 2.85. The molecule has 0 aliphatic carbocycles. The fourth-order valence-electron chi connectivity index (χ4n) is 1.94. The molecule has 1 unspecified atom stereocenters. The predicted molar refractivity (Wildman–Crippen MR) is 79.7 cm³/mol. The largest absolute Gasteiger partial charge is 0.308 e. The first-order valence-corrected chi connectivity index (χ1v) is 7.01. The Morgan fingerprint density at radius 2 is 2.20 bits per heavy atom. The van der Waals surface area contributed by atoms with Crippen molar-refractivity contribution >= 4 is 15.9 Å². The normalized spacial score (nSPS) is 12.8. The van der Waals surface area contributed by atoms with E-state index in [2.05, 4.69) is 41.6 Å². The van der Waals surface area contributed by atoms with Crippen LogP contribution in [0.4, 0.5) is 0 Å². The molecule has 8 heteroatoms. The average molecular weight is 340 g/mol. The topological polar surface area (TPSA) is 84.9 Å². The molecular weight excluding hydrogens is 322 g/mol. The van der Waals surface area contributed by atoms with Crippen molar-refractivity contribution in [2.24, 2.45) is 5.84 Å². The maximum Gasteiger partial charge on any atom is 0.0905 e. The summed E-state index contributed by atoms with van der Waals surface area (Å²) in [5.41, 5.74) is 4.73. The van der Waals surface area contributed by atoms with Gasteiger partial charge in [0.15, 0.2) is 0 Å². The number of rotatable bonds is 6. The zero-order valence-corrected chi connectivity index (χ0v) is 13.1. The number of nitrogens with two attached hydrogens (primary N) is 1. The fraction of sp³-hybridized carbons (Fsp3) is 0.417. The second-order valence-electron chi connectivity index (χ2n) is 4.68. The van der Waals surface area contributed by atoms with Crippen LogP contribution in [0.1, 0.15) is 17.3 Å². The second kappa shape index (κ2) is 6.89. The van der Waals surface area contributed by atoms with Crippen LogP contribution in [0.5, 0.6) is 0 Å². The zero-order valence-electron chi connectivity index (χ0n) is 11.5. The van der Waals surface area contributed by atoms with E-state index in [1.165, 1.54) is 0 Å². The van der Waals surface area contributed by atoms with E-state index in [1.807, 2.05) is 24.8 Å². The smallest absolute Gasteiger partial charge is 0.0905 e. The Morgan fingerprint density at radius 1 is 1.40 bits per heavy atom. The molecule has 2 heterocycles. The van der Waals surface area contributed by atoms with Crippen LogP contribution in [0.15, 0.2) is 29.1 Å². The van der Waals surface area contributed by atoms with Crippen LogP contribution in [0.2, 0.25) is 0 Å². The van der Waals surface area contributed by atoms with Crippen LogP contribution < -0.4 is 11.3 Å². The molecule has 0 bridgehead atoms. The number of aromatic nitrogens is 4. The lowest BCUT2D eigenvalue weighted by atomic mass is 10.1. The molecule has 1 atom stereocenters. The molecule has 20 heavy (non-hydrogen) atoms. The van der Waals surface area contributed by atoms with E-state index >= 15 is 0 Å². The molecule has 0 fully saturated rings. The molecule has 3 N–H and O–H groups in total. The molecule has 7 nitrogen and oxygen atoms in total. The summed E-state index contributed by atoms with van der Waals surface area (Å²) in [4.78, 5) is 2.11. The van der Waals surface area contributed by atoms with Crippen LogP contribution in [0, 0.1) is 0 Å². The summed E-state index contributed by atoms with van der Waals surface area (Å²) in [5.74, 6) is 5.72. The van der Waals surface area contributed by atoms with E-state index in [1.54, 1.807) is 18.6 Å². The third-order valence-corrected chi connectivity index (χ3v) is 3.58. The number of halogens is 1. The van der Waals surface area contributed by atoms with E-state index in [9.17, 15) is 0 Å². The van der Waals surface area contributed by atoms with Gasteiger partial charge in [0, 0.05) is 12.7 Å². The lowest BCUT2D eigenvalue weighted by Crippen LogP contribution is -2.32. The van der Waals surface area contributed by atoms with Crippen molar-refractivity contribution in [1.29, 1.82) is 0 Å². The highest BCUT2D eigenvalue weighted by Gasteiger charge is 2.21. The van der Waals surface area contributed by atoms with E-state index < -0.39 is 0 Å². The van der Waals surface area contributed by atoms with E-state index in [-0.39, 0.29) is 6.04 Å². The summed E-state index contributed by atoms with van der Waals surface area (Å²) >= 11 is 3.53. The monoisotopic (exact) mass is 339 g/mol. The molecule has 108 valence electrons. The zero-order chi connectivity index (χ0) is 14.5. The number of nitrogens with one attached hydrogen (secondary N) is 1. The van der Waals surface area contributed by atoms with Crippen LogP contribution >= 0.6 is 15.9 Å². The molecule has 2 aromatic rings. The van der Waals surface area contributed by atoms with Gasteiger partial charge in [0.25, 0.3) is 0 Å². The van der Waals surface area contributed by atoms with Crippen LogP contribution in [0.3, 0.4) is 0 Å². The van der Waals surface area contributed by atoms with Gasteiger partial charge in [-0.15, -0.1) is 0 Å². The minimum Gasteiger partial charge on any atom is -0.308 e. The quantitative estimate of drug-likeness (QED) is 0.590. The van der Waals surface area contributed by atoms with Gasteiger partial charge in [-0.05, 0) is 41.7 Å². The highest BCUT2D eigenvalue weighted by atomic mass is 79.9. The summed E-state index contributed by atoms with van der Waals surface area (Å²) in [7, 11) is 4.06. The molecule has 2 rings (SSSR count). The molecule has 0 aromatic carbocycles. The maximum absolute atomic E-state index is 5.72. The van der Waals surface area contributed by atoms with Gasteiger partial charge in [-0.3, -0.25) is 10.5 Å². The Morgan fingerprint density at radius 3 is 2.80 bits per heavy atom. The van der Waals surface area contributed by atoms with Crippen molar-refractivity contribution in [2.45, 2.75) is 12.6 Å². The summed E-state index contributed by atoms with van der Waals surface area (Å²) in [5, 5.41) is 12.1. The van der Waals surface area contributed by atoms with Crippen LogP contribution in [-0.2, 0) is 6.54 Å². The van der Waals surface area contributed by atoms with Gasteiger partial charge in [-0.25, -0.2) is 5.43 Å². The highest BCUT2D eigenvalue weighted by Crippen LogP contribution is 2.27. The lowest BCUT2D eigenvalue weighted by Gasteiger charge is -2.19. The Kier molecular flexibility index (Phi) is 5.18.